The molecule has 1 N–H and O–H groups in total. The number of amides is 1. The second-order valence-corrected chi connectivity index (χ2v) is 6.88. The van der Waals surface area contributed by atoms with E-state index in [4.69, 9.17) is 4.74 Å². The predicted octanol–water partition coefficient (Wildman–Crippen LogP) is 0.459. The largest absolute Gasteiger partial charge is 0.450 e. The summed E-state index contributed by atoms with van der Waals surface area (Å²) in [6.07, 6.45) is 3.17. The van der Waals surface area contributed by atoms with Crippen LogP contribution in [0.4, 0.5) is 16.2 Å². The Morgan fingerprint density at radius 1 is 1.04 bits per heavy atom. The van der Waals surface area contributed by atoms with Crippen LogP contribution in [0.3, 0.4) is 0 Å². The maximum absolute atomic E-state index is 12.0. The monoisotopic (exact) mass is 364 g/mol. The SMILES string of the molecule is CCOC(=O)N1CCN(c2c(NCCCN3CCCC3)c(=O)c2=O)CC1. The molecule has 2 aliphatic rings. The van der Waals surface area contributed by atoms with Gasteiger partial charge in [-0.05, 0) is 45.8 Å². The van der Waals surface area contributed by atoms with Crippen LogP contribution in [0.15, 0.2) is 9.59 Å². The Balaban J connectivity index is 1.49. The summed E-state index contributed by atoms with van der Waals surface area (Å²) in [5.41, 5.74) is 0.0892. The van der Waals surface area contributed by atoms with Crippen molar-refractivity contribution in [2.24, 2.45) is 0 Å². The first-order valence-electron chi connectivity index (χ1n) is 9.58. The van der Waals surface area contributed by atoms with E-state index < -0.39 is 10.9 Å². The molecule has 1 amide bonds. The van der Waals surface area contributed by atoms with Gasteiger partial charge in [0.2, 0.25) is 0 Å². The number of nitrogens with one attached hydrogen (secondary N) is 1. The topological polar surface area (TPSA) is 82.2 Å². The summed E-state index contributed by atoms with van der Waals surface area (Å²) >= 11 is 0. The summed E-state index contributed by atoms with van der Waals surface area (Å²) in [6.45, 7) is 8.22. The van der Waals surface area contributed by atoms with E-state index in [1.54, 1.807) is 11.8 Å². The molecule has 1 aromatic carbocycles. The third kappa shape index (κ3) is 4.00. The van der Waals surface area contributed by atoms with Gasteiger partial charge in [0.1, 0.15) is 11.4 Å². The third-order valence-corrected chi connectivity index (χ3v) is 5.16. The van der Waals surface area contributed by atoms with Crippen molar-refractivity contribution < 1.29 is 9.53 Å². The molecule has 0 radical (unpaired) electrons. The van der Waals surface area contributed by atoms with Crippen molar-refractivity contribution in [1.29, 1.82) is 0 Å². The van der Waals surface area contributed by atoms with Crippen LogP contribution in [0.25, 0.3) is 0 Å². The van der Waals surface area contributed by atoms with Gasteiger partial charge >= 0.3 is 6.09 Å². The molecule has 8 heteroatoms. The normalized spacial score (nSPS) is 18.5. The van der Waals surface area contributed by atoms with Crippen LogP contribution in [0.2, 0.25) is 0 Å². The summed E-state index contributed by atoms with van der Waals surface area (Å²) < 4.78 is 5.00. The van der Waals surface area contributed by atoms with E-state index in [1.165, 1.54) is 12.8 Å². The molecule has 8 nitrogen and oxygen atoms in total. The number of carbonyl (C=O) groups is 1. The van der Waals surface area contributed by atoms with Crippen LogP contribution in [0.1, 0.15) is 26.2 Å². The highest BCUT2D eigenvalue weighted by Gasteiger charge is 2.30. The molecule has 0 aromatic heterocycles. The van der Waals surface area contributed by atoms with E-state index in [0.29, 0.717) is 50.7 Å². The van der Waals surface area contributed by atoms with Crippen molar-refractivity contribution in [3.63, 3.8) is 0 Å². The molecule has 2 aliphatic heterocycles. The summed E-state index contributed by atoms with van der Waals surface area (Å²) in [6, 6.07) is 0. The van der Waals surface area contributed by atoms with Crippen molar-refractivity contribution in [3.05, 3.63) is 20.4 Å². The quantitative estimate of drug-likeness (QED) is 0.556. The fourth-order valence-corrected chi connectivity index (χ4v) is 3.70. The molecule has 0 saturated carbocycles. The van der Waals surface area contributed by atoms with Gasteiger partial charge in [0, 0.05) is 32.7 Å². The molecule has 0 unspecified atom stereocenters. The van der Waals surface area contributed by atoms with E-state index in [1.807, 2.05) is 4.90 Å². The van der Waals surface area contributed by atoms with E-state index in [-0.39, 0.29) is 6.09 Å². The minimum Gasteiger partial charge on any atom is -0.450 e. The second-order valence-electron chi connectivity index (χ2n) is 6.88. The molecule has 2 heterocycles. The molecule has 144 valence electrons. The number of rotatable bonds is 7. The number of hydrogen-bond acceptors (Lipinski definition) is 7. The zero-order chi connectivity index (χ0) is 18.5. The molecule has 3 rings (SSSR count). The summed E-state index contributed by atoms with van der Waals surface area (Å²) in [5.74, 6) is 0. The number of piperazine rings is 1. The van der Waals surface area contributed by atoms with Gasteiger partial charge in [-0.25, -0.2) is 4.79 Å². The average molecular weight is 364 g/mol. The van der Waals surface area contributed by atoms with Crippen molar-refractivity contribution in [3.8, 4) is 0 Å². The van der Waals surface area contributed by atoms with Crippen molar-refractivity contribution in [1.82, 2.24) is 9.80 Å². The van der Waals surface area contributed by atoms with Crippen LogP contribution in [-0.4, -0.2) is 74.9 Å². The highest BCUT2D eigenvalue weighted by Crippen LogP contribution is 2.22. The lowest BCUT2D eigenvalue weighted by Crippen LogP contribution is -2.53. The Labute approximate surface area is 153 Å². The van der Waals surface area contributed by atoms with Crippen LogP contribution in [-0.2, 0) is 4.74 Å². The Bertz CT molecular complexity index is 684. The van der Waals surface area contributed by atoms with Gasteiger partial charge in [-0.3, -0.25) is 9.59 Å². The summed E-state index contributed by atoms with van der Waals surface area (Å²) in [5, 5.41) is 3.16. The van der Waals surface area contributed by atoms with E-state index in [0.717, 1.165) is 26.1 Å². The number of anilines is 2. The molecule has 0 aliphatic carbocycles. The zero-order valence-corrected chi connectivity index (χ0v) is 15.5. The molecule has 0 atom stereocenters. The molecule has 0 spiro atoms. The molecule has 26 heavy (non-hydrogen) atoms. The number of carbonyl (C=O) groups excluding carboxylic acids is 1. The second kappa shape index (κ2) is 8.53. The Kier molecular flexibility index (Phi) is 6.13. The zero-order valence-electron chi connectivity index (χ0n) is 15.5. The fraction of sp³-hybridized carbons (Fsp3) is 0.722. The first-order chi connectivity index (χ1) is 12.6. The van der Waals surface area contributed by atoms with Crippen molar-refractivity contribution in [2.45, 2.75) is 26.2 Å². The minimum absolute atomic E-state index is 0.322. The number of nitrogens with zero attached hydrogens (tertiary/aromatic N) is 3. The van der Waals surface area contributed by atoms with E-state index >= 15 is 0 Å². The lowest BCUT2D eigenvalue weighted by molar-refractivity contribution is 0.105. The number of likely N-dealkylation sites (tertiary alicyclic amines) is 1. The average Bonchev–Trinajstić information content (AvgIpc) is 3.17. The molecular weight excluding hydrogens is 336 g/mol. The predicted molar refractivity (Wildman–Crippen MR) is 101 cm³/mol. The molecule has 2 fully saturated rings. The number of ether oxygens (including phenoxy) is 1. The van der Waals surface area contributed by atoms with Gasteiger partial charge in [0.15, 0.2) is 0 Å². The van der Waals surface area contributed by atoms with Crippen LogP contribution in [0.5, 0.6) is 0 Å². The Morgan fingerprint density at radius 3 is 2.38 bits per heavy atom. The highest BCUT2D eigenvalue weighted by atomic mass is 16.6. The first kappa shape index (κ1) is 18.7. The van der Waals surface area contributed by atoms with E-state index in [2.05, 4.69) is 10.2 Å². The molecule has 2 saturated heterocycles. The Morgan fingerprint density at radius 2 is 1.73 bits per heavy atom. The van der Waals surface area contributed by atoms with Crippen molar-refractivity contribution >= 4 is 17.5 Å². The lowest BCUT2D eigenvalue weighted by atomic mass is 10.1. The standard InChI is InChI=1S/C18H28N4O4/c1-2-26-18(25)22-12-10-21(11-13-22)15-14(16(23)17(15)24)19-6-5-9-20-7-3-4-8-20/h19H,2-13H2,1H3. The third-order valence-electron chi connectivity index (χ3n) is 5.16. The van der Waals surface area contributed by atoms with Crippen molar-refractivity contribution in [2.75, 3.05) is 69.2 Å². The summed E-state index contributed by atoms with van der Waals surface area (Å²) in [7, 11) is 0. The maximum atomic E-state index is 12.0. The van der Waals surface area contributed by atoms with E-state index in [9.17, 15) is 14.4 Å². The van der Waals surface area contributed by atoms with Gasteiger partial charge < -0.3 is 24.8 Å². The van der Waals surface area contributed by atoms with Gasteiger partial charge in [-0.2, -0.15) is 0 Å². The molecule has 0 bridgehead atoms. The van der Waals surface area contributed by atoms with Gasteiger partial charge in [-0.1, -0.05) is 0 Å². The smallest absolute Gasteiger partial charge is 0.409 e. The van der Waals surface area contributed by atoms with Crippen LogP contribution < -0.4 is 21.1 Å². The van der Waals surface area contributed by atoms with Gasteiger partial charge in [0.05, 0.1) is 6.61 Å². The first-order valence-corrected chi connectivity index (χ1v) is 9.58. The fourth-order valence-electron chi connectivity index (χ4n) is 3.70. The lowest BCUT2D eigenvalue weighted by Gasteiger charge is -2.36. The van der Waals surface area contributed by atoms with Crippen LogP contribution >= 0.6 is 0 Å². The Hall–Kier alpha value is -2.09. The van der Waals surface area contributed by atoms with Gasteiger partial charge in [0.25, 0.3) is 10.9 Å². The maximum Gasteiger partial charge on any atom is 0.409 e. The van der Waals surface area contributed by atoms with Crippen LogP contribution in [0, 0.1) is 0 Å². The highest BCUT2D eigenvalue weighted by molar-refractivity contribution is 5.76. The molecular formula is C18H28N4O4. The minimum atomic E-state index is -0.422. The molecule has 1 aromatic rings. The summed E-state index contributed by atoms with van der Waals surface area (Å²) in [4.78, 5) is 41.7. The van der Waals surface area contributed by atoms with Gasteiger partial charge in [-0.15, -0.1) is 0 Å². The number of hydrogen-bond donors (Lipinski definition) is 1.